The molecule has 0 atom stereocenters. The molecule has 1 aromatic carbocycles. The number of rotatable bonds is 1. The van der Waals surface area contributed by atoms with E-state index in [9.17, 15) is 10.4 Å². The number of phenolic OH excluding ortho intramolecular Hbond substituents is 1. The van der Waals surface area contributed by atoms with Crippen LogP contribution >= 0.6 is 0 Å². The molecule has 0 radical (unpaired) electrons. The van der Waals surface area contributed by atoms with Crippen LogP contribution in [0.5, 0.6) is 5.75 Å². The maximum atomic E-state index is 9.45. The number of nitrogens with one attached hydrogen (secondary N) is 1. The molecule has 2 aromatic rings. The van der Waals surface area contributed by atoms with Crippen LogP contribution in [0.15, 0.2) is 24.3 Å². The Kier molecular flexibility index (Phi) is 2.10. The Morgan fingerprint density at radius 1 is 1.41 bits per heavy atom. The fraction of sp³-hybridized carbons (Fsp3) is 0.167. The highest BCUT2D eigenvalue weighted by Gasteiger charge is 2.22. The average molecular weight is 226 g/mol. The van der Waals surface area contributed by atoms with E-state index in [1.807, 2.05) is 6.07 Å². The van der Waals surface area contributed by atoms with Crippen molar-refractivity contribution in [3.05, 3.63) is 41.2 Å². The number of aromatic hydroxyl groups is 1. The topological polar surface area (TPSA) is 73.9 Å². The predicted molar refractivity (Wildman–Crippen MR) is 60.5 cm³/mol. The summed E-state index contributed by atoms with van der Waals surface area (Å²) in [6.45, 7) is 1.37. The molecule has 5 heteroatoms. The highest BCUT2D eigenvalue weighted by molar-refractivity contribution is 5.46. The molecule has 0 unspecified atom stereocenters. The van der Waals surface area contributed by atoms with Gasteiger partial charge in [0.15, 0.2) is 0 Å². The second-order valence-corrected chi connectivity index (χ2v) is 3.92. The largest absolute Gasteiger partial charge is 0.508 e. The molecule has 0 spiro atoms. The highest BCUT2D eigenvalue weighted by Crippen LogP contribution is 2.23. The van der Waals surface area contributed by atoms with Crippen molar-refractivity contribution in [2.45, 2.75) is 13.1 Å². The summed E-state index contributed by atoms with van der Waals surface area (Å²) >= 11 is 0. The lowest BCUT2D eigenvalue weighted by atomic mass is 10.2. The Morgan fingerprint density at radius 3 is 3.06 bits per heavy atom. The minimum atomic E-state index is 0.167. The van der Waals surface area contributed by atoms with Crippen LogP contribution in [-0.2, 0) is 13.1 Å². The number of hydrogen-bond acceptors (Lipinski definition) is 4. The number of phenols is 1. The molecule has 0 saturated heterocycles. The van der Waals surface area contributed by atoms with Crippen molar-refractivity contribution in [1.82, 2.24) is 15.1 Å². The first kappa shape index (κ1) is 9.87. The Bertz CT molecular complexity index is 624. The molecule has 1 aliphatic heterocycles. The molecule has 0 amide bonds. The van der Waals surface area contributed by atoms with Crippen LogP contribution in [0.1, 0.15) is 17.0 Å². The molecule has 1 aromatic heterocycles. The van der Waals surface area contributed by atoms with E-state index < -0.39 is 0 Å². The van der Waals surface area contributed by atoms with E-state index in [0.717, 1.165) is 11.3 Å². The van der Waals surface area contributed by atoms with Gasteiger partial charge in [-0.05, 0) is 12.1 Å². The molecule has 0 bridgehead atoms. The monoisotopic (exact) mass is 226 g/mol. The standard InChI is InChI=1S/C12H10N4O/c13-5-12-10-6-14-7-11(10)15-16(12)8-2-1-3-9(17)4-8/h1-4,14,17H,6-7H2. The molecule has 0 saturated carbocycles. The first-order chi connectivity index (χ1) is 8.29. The highest BCUT2D eigenvalue weighted by atomic mass is 16.3. The van der Waals surface area contributed by atoms with E-state index in [1.54, 1.807) is 22.9 Å². The van der Waals surface area contributed by atoms with Gasteiger partial charge in [0, 0.05) is 24.7 Å². The fourth-order valence-electron chi connectivity index (χ4n) is 2.06. The predicted octanol–water partition coefficient (Wildman–Crippen LogP) is 1.05. The minimum Gasteiger partial charge on any atom is -0.508 e. The van der Waals surface area contributed by atoms with Gasteiger partial charge in [0.25, 0.3) is 0 Å². The van der Waals surface area contributed by atoms with Gasteiger partial charge in [0.05, 0.1) is 11.4 Å². The number of nitriles is 1. The van der Waals surface area contributed by atoms with Gasteiger partial charge in [-0.25, -0.2) is 4.68 Å². The van der Waals surface area contributed by atoms with Crippen LogP contribution in [0.3, 0.4) is 0 Å². The number of hydrogen-bond donors (Lipinski definition) is 2. The fourth-order valence-corrected chi connectivity index (χ4v) is 2.06. The van der Waals surface area contributed by atoms with E-state index in [2.05, 4.69) is 16.5 Å². The molecular weight excluding hydrogens is 216 g/mol. The second kappa shape index (κ2) is 3.61. The first-order valence-corrected chi connectivity index (χ1v) is 5.30. The summed E-state index contributed by atoms with van der Waals surface area (Å²) in [5, 5.41) is 26.2. The summed E-state index contributed by atoms with van der Waals surface area (Å²) in [4.78, 5) is 0. The molecule has 5 nitrogen and oxygen atoms in total. The van der Waals surface area contributed by atoms with Crippen molar-refractivity contribution in [1.29, 1.82) is 5.26 Å². The van der Waals surface area contributed by atoms with Gasteiger partial charge in [0.1, 0.15) is 17.5 Å². The third kappa shape index (κ3) is 1.47. The van der Waals surface area contributed by atoms with Crippen molar-refractivity contribution in [3.8, 4) is 17.5 Å². The maximum absolute atomic E-state index is 9.45. The number of aromatic nitrogens is 2. The summed E-state index contributed by atoms with van der Waals surface area (Å²) in [7, 11) is 0. The lowest BCUT2D eigenvalue weighted by Gasteiger charge is -2.04. The third-order valence-corrected chi connectivity index (χ3v) is 2.84. The number of benzene rings is 1. The summed E-state index contributed by atoms with van der Waals surface area (Å²) in [5.41, 5.74) is 3.10. The van der Waals surface area contributed by atoms with Gasteiger partial charge in [0.2, 0.25) is 0 Å². The Morgan fingerprint density at radius 2 is 2.29 bits per heavy atom. The van der Waals surface area contributed by atoms with Crippen LogP contribution in [0, 0.1) is 11.3 Å². The van der Waals surface area contributed by atoms with Crippen molar-refractivity contribution in [2.75, 3.05) is 0 Å². The number of fused-ring (bicyclic) bond motifs is 1. The molecule has 0 fully saturated rings. The zero-order valence-electron chi connectivity index (χ0n) is 9.01. The summed E-state index contributed by atoms with van der Waals surface area (Å²) in [6, 6.07) is 8.91. The van der Waals surface area contributed by atoms with Gasteiger partial charge < -0.3 is 10.4 Å². The first-order valence-electron chi connectivity index (χ1n) is 5.30. The summed E-state index contributed by atoms with van der Waals surface area (Å²) in [5.74, 6) is 0.167. The van der Waals surface area contributed by atoms with Gasteiger partial charge in [-0.3, -0.25) is 0 Å². The van der Waals surface area contributed by atoms with Crippen LogP contribution < -0.4 is 5.32 Å². The molecule has 0 aliphatic carbocycles. The molecule has 84 valence electrons. The van der Waals surface area contributed by atoms with E-state index in [-0.39, 0.29) is 5.75 Å². The van der Waals surface area contributed by atoms with Gasteiger partial charge in [-0.1, -0.05) is 6.07 Å². The van der Waals surface area contributed by atoms with Gasteiger partial charge in [-0.2, -0.15) is 10.4 Å². The number of nitrogens with zero attached hydrogens (tertiary/aromatic N) is 3. The second-order valence-electron chi connectivity index (χ2n) is 3.92. The van der Waals surface area contributed by atoms with Crippen molar-refractivity contribution in [2.24, 2.45) is 0 Å². The van der Waals surface area contributed by atoms with Gasteiger partial charge >= 0.3 is 0 Å². The van der Waals surface area contributed by atoms with Crippen molar-refractivity contribution in [3.63, 3.8) is 0 Å². The molecular formula is C12H10N4O. The minimum absolute atomic E-state index is 0.167. The summed E-state index contributed by atoms with van der Waals surface area (Å²) < 4.78 is 1.59. The Balaban J connectivity index is 2.19. The quantitative estimate of drug-likeness (QED) is 0.762. The molecule has 2 heterocycles. The van der Waals surface area contributed by atoms with Gasteiger partial charge in [-0.15, -0.1) is 0 Å². The lowest BCUT2D eigenvalue weighted by molar-refractivity contribution is 0.474. The summed E-state index contributed by atoms with van der Waals surface area (Å²) in [6.07, 6.45) is 0. The molecule has 3 rings (SSSR count). The van der Waals surface area contributed by atoms with E-state index in [4.69, 9.17) is 0 Å². The lowest BCUT2D eigenvalue weighted by Crippen LogP contribution is -2.07. The maximum Gasteiger partial charge on any atom is 0.149 e. The molecule has 2 N–H and O–H groups in total. The third-order valence-electron chi connectivity index (χ3n) is 2.84. The normalized spacial score (nSPS) is 13.4. The molecule has 17 heavy (non-hydrogen) atoms. The molecule has 1 aliphatic rings. The van der Waals surface area contributed by atoms with E-state index in [0.29, 0.717) is 24.5 Å². The Hall–Kier alpha value is -2.32. The van der Waals surface area contributed by atoms with Crippen molar-refractivity contribution < 1.29 is 5.11 Å². The van der Waals surface area contributed by atoms with Crippen molar-refractivity contribution >= 4 is 0 Å². The average Bonchev–Trinajstić information content (AvgIpc) is 2.88. The van der Waals surface area contributed by atoms with Crippen LogP contribution in [-0.4, -0.2) is 14.9 Å². The zero-order chi connectivity index (χ0) is 11.8. The Labute approximate surface area is 97.9 Å². The van der Waals surface area contributed by atoms with E-state index in [1.165, 1.54) is 0 Å². The van der Waals surface area contributed by atoms with Crippen LogP contribution in [0.25, 0.3) is 5.69 Å². The SMILES string of the molecule is N#Cc1c2c(nn1-c1cccc(O)c1)CNC2. The van der Waals surface area contributed by atoms with Crippen LogP contribution in [0.2, 0.25) is 0 Å². The smallest absolute Gasteiger partial charge is 0.149 e. The van der Waals surface area contributed by atoms with E-state index >= 15 is 0 Å². The van der Waals surface area contributed by atoms with Crippen LogP contribution in [0.4, 0.5) is 0 Å². The zero-order valence-corrected chi connectivity index (χ0v) is 9.01.